The molecule has 0 atom stereocenters. The maximum absolute atomic E-state index is 11.8. The molecule has 0 unspecified atom stereocenters. The highest BCUT2D eigenvalue weighted by Gasteiger charge is 2.15. The summed E-state index contributed by atoms with van der Waals surface area (Å²) in [5.41, 5.74) is 0.485. The van der Waals surface area contributed by atoms with Gasteiger partial charge in [-0.05, 0) is 11.6 Å². The molecule has 0 aliphatic rings. The van der Waals surface area contributed by atoms with Gasteiger partial charge in [0.1, 0.15) is 0 Å². The largest absolute Gasteiger partial charge is 0.302 e. The fourth-order valence-electron chi connectivity index (χ4n) is 1.63. The van der Waals surface area contributed by atoms with Crippen molar-refractivity contribution in [3.63, 3.8) is 0 Å². The number of anilines is 1. The van der Waals surface area contributed by atoms with Crippen LogP contribution in [0.2, 0.25) is 0 Å². The predicted octanol–water partition coefficient (Wildman–Crippen LogP) is 1.73. The first kappa shape index (κ1) is 13.7. The standard InChI is InChI=1S/C12H12N2O3S2/c1-19(16,17)10-5-3-2-4-9(10)8-11(15)14-12-13-6-7-18-12/h2-7H,8H2,1H3,(H,13,14,15). The van der Waals surface area contributed by atoms with Gasteiger partial charge in [-0.2, -0.15) is 0 Å². The van der Waals surface area contributed by atoms with Crippen LogP contribution in [0, 0.1) is 0 Å². The number of aromatic nitrogens is 1. The molecule has 0 spiro atoms. The van der Waals surface area contributed by atoms with Gasteiger partial charge in [-0.25, -0.2) is 13.4 Å². The average Bonchev–Trinajstić information content (AvgIpc) is 2.81. The Morgan fingerprint density at radius 3 is 2.74 bits per heavy atom. The van der Waals surface area contributed by atoms with Crippen molar-refractivity contribution in [1.29, 1.82) is 0 Å². The highest BCUT2D eigenvalue weighted by Crippen LogP contribution is 2.17. The minimum Gasteiger partial charge on any atom is -0.302 e. The lowest BCUT2D eigenvalue weighted by Gasteiger charge is -2.07. The quantitative estimate of drug-likeness (QED) is 0.932. The fraction of sp³-hybridized carbons (Fsp3) is 0.167. The number of amides is 1. The van der Waals surface area contributed by atoms with Gasteiger partial charge in [0.15, 0.2) is 15.0 Å². The average molecular weight is 296 g/mol. The van der Waals surface area contributed by atoms with Crippen molar-refractivity contribution in [2.45, 2.75) is 11.3 Å². The third-order valence-corrected chi connectivity index (χ3v) is 4.29. The normalized spacial score (nSPS) is 11.2. The summed E-state index contributed by atoms with van der Waals surface area (Å²) in [7, 11) is -3.33. The lowest BCUT2D eigenvalue weighted by molar-refractivity contribution is -0.115. The van der Waals surface area contributed by atoms with E-state index in [1.54, 1.807) is 29.8 Å². The number of nitrogens with zero attached hydrogens (tertiary/aromatic N) is 1. The van der Waals surface area contributed by atoms with Gasteiger partial charge in [-0.3, -0.25) is 4.79 Å². The molecule has 1 aromatic heterocycles. The second-order valence-corrected chi connectivity index (χ2v) is 6.82. The van der Waals surface area contributed by atoms with E-state index in [9.17, 15) is 13.2 Å². The molecule has 100 valence electrons. The first-order valence-corrected chi connectivity index (χ1v) is 8.21. The predicted molar refractivity (Wildman–Crippen MR) is 74.0 cm³/mol. The molecule has 5 nitrogen and oxygen atoms in total. The van der Waals surface area contributed by atoms with E-state index in [2.05, 4.69) is 10.3 Å². The van der Waals surface area contributed by atoms with Crippen molar-refractivity contribution < 1.29 is 13.2 Å². The zero-order valence-electron chi connectivity index (χ0n) is 10.2. The van der Waals surface area contributed by atoms with E-state index >= 15 is 0 Å². The number of rotatable bonds is 4. The van der Waals surface area contributed by atoms with E-state index in [0.717, 1.165) is 6.26 Å². The molecule has 2 aromatic rings. The number of sulfone groups is 1. The fourth-order valence-corrected chi connectivity index (χ4v) is 3.12. The molecule has 1 heterocycles. The van der Waals surface area contributed by atoms with E-state index in [0.29, 0.717) is 10.7 Å². The van der Waals surface area contributed by atoms with Crippen molar-refractivity contribution >= 4 is 32.2 Å². The highest BCUT2D eigenvalue weighted by atomic mass is 32.2. The Labute approximate surface area is 115 Å². The van der Waals surface area contributed by atoms with Crippen molar-refractivity contribution in [1.82, 2.24) is 4.98 Å². The summed E-state index contributed by atoms with van der Waals surface area (Å²) >= 11 is 1.31. The van der Waals surface area contributed by atoms with Crippen LogP contribution in [0.3, 0.4) is 0 Å². The lowest BCUT2D eigenvalue weighted by Crippen LogP contribution is -2.16. The Morgan fingerprint density at radius 1 is 1.37 bits per heavy atom. The second-order valence-electron chi connectivity index (χ2n) is 3.94. The van der Waals surface area contributed by atoms with E-state index < -0.39 is 9.84 Å². The van der Waals surface area contributed by atoms with Crippen LogP contribution < -0.4 is 5.32 Å². The molecule has 19 heavy (non-hydrogen) atoms. The van der Waals surface area contributed by atoms with E-state index in [-0.39, 0.29) is 17.2 Å². The number of nitrogens with one attached hydrogen (secondary N) is 1. The summed E-state index contributed by atoms with van der Waals surface area (Å²) in [4.78, 5) is 15.9. The molecule has 0 fully saturated rings. The van der Waals surface area contributed by atoms with Crippen molar-refractivity contribution in [3.8, 4) is 0 Å². The van der Waals surface area contributed by atoms with Crippen molar-refractivity contribution in [2.24, 2.45) is 0 Å². The third kappa shape index (κ3) is 3.62. The molecule has 0 saturated carbocycles. The Kier molecular flexibility index (Phi) is 3.96. The Hall–Kier alpha value is -1.73. The Morgan fingerprint density at radius 2 is 2.11 bits per heavy atom. The number of carbonyl (C=O) groups excluding carboxylic acids is 1. The lowest BCUT2D eigenvalue weighted by atomic mass is 10.1. The van der Waals surface area contributed by atoms with Crippen molar-refractivity contribution in [2.75, 3.05) is 11.6 Å². The van der Waals surface area contributed by atoms with Gasteiger partial charge >= 0.3 is 0 Å². The van der Waals surface area contributed by atoms with Gasteiger partial charge in [0.2, 0.25) is 5.91 Å². The number of hydrogen-bond acceptors (Lipinski definition) is 5. The molecule has 0 radical (unpaired) electrons. The van der Waals surface area contributed by atoms with Gasteiger partial charge in [0.25, 0.3) is 0 Å². The molecule has 1 aromatic carbocycles. The topological polar surface area (TPSA) is 76.1 Å². The first-order chi connectivity index (χ1) is 8.97. The van der Waals surface area contributed by atoms with Crippen LogP contribution >= 0.6 is 11.3 Å². The Bertz CT molecular complexity index is 679. The zero-order chi connectivity index (χ0) is 13.9. The SMILES string of the molecule is CS(=O)(=O)c1ccccc1CC(=O)Nc1nccs1. The smallest absolute Gasteiger partial charge is 0.230 e. The molecule has 2 rings (SSSR count). The Balaban J connectivity index is 2.18. The van der Waals surface area contributed by atoms with E-state index in [4.69, 9.17) is 0 Å². The summed E-state index contributed by atoms with van der Waals surface area (Å²) in [6.45, 7) is 0. The molecular weight excluding hydrogens is 284 g/mol. The third-order valence-electron chi connectivity index (χ3n) is 2.40. The van der Waals surface area contributed by atoms with Crippen LogP contribution in [-0.2, 0) is 21.1 Å². The second kappa shape index (κ2) is 5.50. The summed E-state index contributed by atoms with van der Waals surface area (Å²) < 4.78 is 23.2. The summed E-state index contributed by atoms with van der Waals surface area (Å²) in [6.07, 6.45) is 2.72. The van der Waals surface area contributed by atoms with Crippen LogP contribution in [0.1, 0.15) is 5.56 Å². The number of thiazole rings is 1. The van der Waals surface area contributed by atoms with Gasteiger partial charge in [-0.15, -0.1) is 11.3 Å². The maximum Gasteiger partial charge on any atom is 0.230 e. The zero-order valence-corrected chi connectivity index (χ0v) is 11.8. The molecule has 0 aliphatic carbocycles. The van der Waals surface area contributed by atoms with Crippen LogP contribution in [-0.4, -0.2) is 25.6 Å². The molecule has 1 amide bonds. The molecule has 0 saturated heterocycles. The van der Waals surface area contributed by atoms with Crippen LogP contribution in [0.25, 0.3) is 0 Å². The molecule has 0 aliphatic heterocycles. The maximum atomic E-state index is 11.8. The molecule has 1 N–H and O–H groups in total. The monoisotopic (exact) mass is 296 g/mol. The minimum atomic E-state index is -3.33. The molecule has 0 bridgehead atoms. The number of carbonyl (C=O) groups is 1. The summed E-state index contributed by atoms with van der Waals surface area (Å²) in [6, 6.07) is 6.48. The summed E-state index contributed by atoms with van der Waals surface area (Å²) in [5, 5.41) is 4.87. The van der Waals surface area contributed by atoms with Gasteiger partial charge in [-0.1, -0.05) is 18.2 Å². The minimum absolute atomic E-state index is 0.00280. The van der Waals surface area contributed by atoms with E-state index in [1.807, 2.05) is 0 Å². The van der Waals surface area contributed by atoms with Crippen LogP contribution in [0.4, 0.5) is 5.13 Å². The van der Waals surface area contributed by atoms with Crippen LogP contribution in [0.15, 0.2) is 40.7 Å². The van der Waals surface area contributed by atoms with E-state index in [1.165, 1.54) is 17.4 Å². The summed E-state index contributed by atoms with van der Waals surface area (Å²) in [5.74, 6) is -0.286. The molecular formula is C12H12N2O3S2. The first-order valence-electron chi connectivity index (χ1n) is 5.44. The highest BCUT2D eigenvalue weighted by molar-refractivity contribution is 7.90. The number of benzene rings is 1. The van der Waals surface area contributed by atoms with Gasteiger partial charge in [0, 0.05) is 17.8 Å². The van der Waals surface area contributed by atoms with Gasteiger partial charge < -0.3 is 5.32 Å². The van der Waals surface area contributed by atoms with Crippen LogP contribution in [0.5, 0.6) is 0 Å². The van der Waals surface area contributed by atoms with Gasteiger partial charge in [0.05, 0.1) is 11.3 Å². The molecule has 7 heteroatoms. The van der Waals surface area contributed by atoms with Crippen molar-refractivity contribution in [3.05, 3.63) is 41.4 Å². The number of hydrogen-bond donors (Lipinski definition) is 1.